The first-order chi connectivity index (χ1) is 20.9. The maximum Gasteiger partial charge on any atom is 0.325 e. The lowest BCUT2D eigenvalue weighted by Gasteiger charge is -2.32. The molecule has 4 N–H and O–H groups in total. The van der Waals surface area contributed by atoms with Gasteiger partial charge in [-0.05, 0) is 23.6 Å². The van der Waals surface area contributed by atoms with Gasteiger partial charge in [0.15, 0.2) is 30.3 Å². The molecule has 2 bridgehead atoms. The van der Waals surface area contributed by atoms with Crippen molar-refractivity contribution >= 4 is 85.5 Å². The van der Waals surface area contributed by atoms with E-state index in [1.807, 2.05) is 0 Å². The van der Waals surface area contributed by atoms with E-state index in [1.54, 1.807) is 0 Å². The molecule has 7 heterocycles. The van der Waals surface area contributed by atoms with Gasteiger partial charge in [0.1, 0.15) is 36.7 Å². The smallest absolute Gasteiger partial charge is 0.325 e. The molecule has 7 aliphatic rings. The summed E-state index contributed by atoms with van der Waals surface area (Å²) in [6, 6.07) is -2.05. The van der Waals surface area contributed by atoms with Crippen LogP contribution in [0.15, 0.2) is 25.0 Å². The van der Waals surface area contributed by atoms with E-state index >= 15 is 4.39 Å². The molecule has 0 saturated carbocycles. The molecule has 2 amide bonds. The Morgan fingerprint density at radius 3 is 2.48 bits per heavy atom. The fourth-order valence-corrected chi connectivity index (χ4v) is 8.29. The molecule has 0 aromatic heterocycles. The lowest BCUT2D eigenvalue weighted by molar-refractivity contribution is -0.120. The van der Waals surface area contributed by atoms with E-state index in [9.17, 15) is 19.4 Å². The number of nitrogens with zero attached hydrogens (tertiary/aromatic N) is 7. The molecule has 24 heteroatoms. The Balaban J connectivity index is 1.13. The van der Waals surface area contributed by atoms with Crippen LogP contribution < -0.4 is 5.32 Å². The van der Waals surface area contributed by atoms with Crippen molar-refractivity contribution < 1.29 is 51.3 Å². The molecule has 19 nitrogen and oxygen atoms in total. The number of carbonyl (C=O) groups excluding carboxylic acids is 2. The number of amidine groups is 2. The van der Waals surface area contributed by atoms with Gasteiger partial charge in [-0.2, -0.15) is 9.98 Å². The predicted molar refractivity (Wildman–Crippen MR) is 154 cm³/mol. The summed E-state index contributed by atoms with van der Waals surface area (Å²) in [6.45, 7) is -9.34. The summed E-state index contributed by atoms with van der Waals surface area (Å²) in [6.07, 6.45) is -5.53. The number of alkyl halides is 1. The van der Waals surface area contributed by atoms with Crippen LogP contribution in [0, 0.1) is 5.41 Å². The van der Waals surface area contributed by atoms with E-state index in [0.717, 1.165) is 6.34 Å². The topological polar surface area (TPSA) is 234 Å². The Morgan fingerprint density at radius 2 is 1.68 bits per heavy atom. The van der Waals surface area contributed by atoms with Gasteiger partial charge in [-0.3, -0.25) is 44.6 Å². The van der Waals surface area contributed by atoms with Crippen molar-refractivity contribution in [1.82, 2.24) is 15.1 Å². The van der Waals surface area contributed by atoms with Crippen molar-refractivity contribution in [1.29, 1.82) is 5.41 Å². The summed E-state index contributed by atoms with van der Waals surface area (Å²) in [5, 5.41) is 10.00. The van der Waals surface area contributed by atoms with Crippen molar-refractivity contribution in [2.75, 3.05) is 13.2 Å². The maximum absolute atomic E-state index is 15.8. The van der Waals surface area contributed by atoms with Gasteiger partial charge in [-0.25, -0.2) is 9.38 Å². The molecular weight excluding hydrogens is 671 g/mol. The second-order valence-corrected chi connectivity index (χ2v) is 15.7. The second-order valence-electron chi connectivity index (χ2n) is 10.1. The fourth-order valence-electron chi connectivity index (χ4n) is 5.41. The van der Waals surface area contributed by atoms with Crippen LogP contribution in [0.4, 0.5) is 4.39 Å². The number of hydrogen-bond acceptors (Lipinski definition) is 16. The van der Waals surface area contributed by atoms with Crippen LogP contribution in [0.2, 0.25) is 0 Å². The zero-order valence-electron chi connectivity index (χ0n) is 21.9. The lowest BCUT2D eigenvalue weighted by atomic mass is 10.1. The summed E-state index contributed by atoms with van der Waals surface area (Å²) in [4.78, 5) is 69.0. The van der Waals surface area contributed by atoms with Crippen molar-refractivity contribution in [2.24, 2.45) is 25.0 Å². The Bertz CT molecular complexity index is 1560. The molecule has 44 heavy (non-hydrogen) atoms. The van der Waals surface area contributed by atoms with E-state index in [-0.39, 0.29) is 18.1 Å². The summed E-state index contributed by atoms with van der Waals surface area (Å²) in [5.74, 6) is -1.35. The standard InChI is InChI=1S/C20H22FN9O10P2S2/c21-11-9-3-36-41(33,43)39-7-1-10(29-5-25-12-15(29)23-4-24-17(12)31)37-8(7)2-35-42(34,44)40-14(11)19(38-9)30-6-26-13-16(30)27-20(22)28-18(13)32/h4-14,19H,1-3H2,(H,33,43)(H,34,44)(H2,22,28,32)/t7-,8+,9+,10+,11+,12?,13?,14+,19+,41?,42?/m0/s1. The van der Waals surface area contributed by atoms with Gasteiger partial charge in [-0.15, -0.1) is 0 Å². The molecule has 7 rings (SSSR count). The number of aliphatic imine (C=N–C) groups is 5. The Morgan fingerprint density at radius 1 is 0.977 bits per heavy atom. The number of fused-ring (bicyclic) bond motifs is 5. The van der Waals surface area contributed by atoms with Gasteiger partial charge in [0.2, 0.25) is 5.96 Å². The van der Waals surface area contributed by atoms with Gasteiger partial charge >= 0.3 is 13.4 Å². The van der Waals surface area contributed by atoms with Crippen LogP contribution in [-0.4, -0.2) is 136 Å². The first-order valence-electron chi connectivity index (χ1n) is 12.9. The molecule has 0 radical (unpaired) electrons. The fraction of sp³-hybridized carbons (Fsp3) is 0.600. The molecule has 7 aliphatic heterocycles. The Kier molecular flexibility index (Phi) is 7.71. The maximum atomic E-state index is 15.8. The number of rotatable bonds is 2. The number of amides is 2. The third kappa shape index (κ3) is 5.52. The minimum Gasteiger partial charge on any atom is -0.349 e. The van der Waals surface area contributed by atoms with Crippen molar-refractivity contribution in [2.45, 2.75) is 61.5 Å². The molecule has 0 aliphatic carbocycles. The van der Waals surface area contributed by atoms with E-state index in [1.165, 1.54) is 22.5 Å². The van der Waals surface area contributed by atoms with Crippen molar-refractivity contribution in [3.63, 3.8) is 0 Å². The zero-order chi connectivity index (χ0) is 31.0. The van der Waals surface area contributed by atoms with Gasteiger partial charge in [0.05, 0.1) is 32.0 Å². The minimum absolute atomic E-state index is 0.0357. The van der Waals surface area contributed by atoms with Crippen LogP contribution >= 0.6 is 13.4 Å². The molecule has 0 aromatic carbocycles. The van der Waals surface area contributed by atoms with Crippen LogP contribution in [0.5, 0.6) is 0 Å². The van der Waals surface area contributed by atoms with E-state index in [0.29, 0.717) is 0 Å². The number of hydrogen-bond donors (Lipinski definition) is 4. The average Bonchev–Trinajstić information content (AvgIpc) is 3.72. The number of halogens is 1. The van der Waals surface area contributed by atoms with Gasteiger partial charge in [-0.1, -0.05) is 0 Å². The molecule has 0 aromatic rings. The van der Waals surface area contributed by atoms with Gasteiger partial charge in [0.25, 0.3) is 11.8 Å². The molecule has 11 atom stereocenters. The first-order valence-corrected chi connectivity index (χ1v) is 18.1. The number of carbonyl (C=O) groups is 2. The van der Waals surface area contributed by atoms with Crippen LogP contribution in [0.3, 0.4) is 0 Å². The van der Waals surface area contributed by atoms with Crippen molar-refractivity contribution in [3.05, 3.63) is 0 Å². The highest BCUT2D eigenvalue weighted by Gasteiger charge is 2.55. The lowest BCUT2D eigenvalue weighted by Crippen LogP contribution is -2.53. The van der Waals surface area contributed by atoms with Crippen LogP contribution in [0.25, 0.3) is 0 Å². The van der Waals surface area contributed by atoms with E-state index < -0.39 is 99.6 Å². The minimum atomic E-state index is -4.23. The third-order valence-corrected chi connectivity index (χ3v) is 10.5. The third-order valence-electron chi connectivity index (χ3n) is 7.38. The Labute approximate surface area is 256 Å². The molecular formula is C20H22FN9O10P2S2. The monoisotopic (exact) mass is 693 g/mol. The Hall–Kier alpha value is -2.33. The van der Waals surface area contributed by atoms with Crippen molar-refractivity contribution in [3.8, 4) is 0 Å². The largest absolute Gasteiger partial charge is 0.349 e. The van der Waals surface area contributed by atoms with Crippen LogP contribution in [0.1, 0.15) is 6.42 Å². The first kappa shape index (κ1) is 30.3. The highest BCUT2D eigenvalue weighted by molar-refractivity contribution is 8.07. The highest BCUT2D eigenvalue weighted by Crippen LogP contribution is 2.53. The highest BCUT2D eigenvalue weighted by atomic mass is 32.5. The molecule has 3 fully saturated rings. The summed E-state index contributed by atoms with van der Waals surface area (Å²) < 4.78 is 50.2. The quantitative estimate of drug-likeness (QED) is 0.236. The summed E-state index contributed by atoms with van der Waals surface area (Å²) in [7, 11) is 0. The molecule has 236 valence electrons. The molecule has 4 unspecified atom stereocenters. The van der Waals surface area contributed by atoms with Crippen LogP contribution in [-0.2, 0) is 60.8 Å². The SMILES string of the molecule is N=C1N=C2C(N=CN2[C@@H]2O[C@@H]3COP(O)(=S)O[C@H]4C[C@H](N5C=NC6C(=O)N=CN=C65)O[C@@H]4COP(O)(=S)O[C@@H]2[C@@H]3F)C(=O)N1. The summed E-state index contributed by atoms with van der Waals surface area (Å²) in [5.41, 5.74) is 0. The zero-order valence-corrected chi connectivity index (χ0v) is 25.4. The second kappa shape index (κ2) is 11.2. The van der Waals surface area contributed by atoms with Gasteiger partial charge in [0, 0.05) is 6.42 Å². The number of ether oxygens (including phenoxy) is 2. The summed E-state index contributed by atoms with van der Waals surface area (Å²) >= 11 is 10.4. The normalized spacial score (nSPS) is 45.2. The predicted octanol–water partition coefficient (Wildman–Crippen LogP) is -1.73. The number of nitrogens with one attached hydrogen (secondary N) is 2. The molecule has 0 spiro atoms. The van der Waals surface area contributed by atoms with E-state index in [4.69, 9.17) is 56.6 Å². The molecule has 3 saturated heterocycles. The number of guanidine groups is 1. The van der Waals surface area contributed by atoms with Gasteiger partial charge < -0.3 is 32.8 Å². The van der Waals surface area contributed by atoms with E-state index in [2.05, 4.69) is 30.3 Å². The average molecular weight is 694 g/mol.